The molecule has 0 aliphatic carbocycles. The van der Waals surface area contributed by atoms with Gasteiger partial charge in [0, 0.05) is 12.7 Å². The summed E-state index contributed by atoms with van der Waals surface area (Å²) in [5, 5.41) is 4.84. The van der Waals surface area contributed by atoms with Crippen LogP contribution >= 0.6 is 0 Å². The van der Waals surface area contributed by atoms with Gasteiger partial charge in [0.25, 0.3) is 10.0 Å². The molecule has 6 heteroatoms. The second-order valence-electron chi connectivity index (χ2n) is 2.67. The fraction of sp³-hybridized carbons (Fsp3) is 0.500. The van der Waals surface area contributed by atoms with Gasteiger partial charge in [-0.2, -0.15) is 0 Å². The molecule has 2 N–H and O–H groups in total. The highest BCUT2D eigenvalue weighted by Crippen LogP contribution is 2.10. The third-order valence-electron chi connectivity index (χ3n) is 1.83. The van der Waals surface area contributed by atoms with Crippen LogP contribution in [0, 0.1) is 13.8 Å². The number of nitrogens with two attached hydrogens (primary N) is 1. The van der Waals surface area contributed by atoms with Crippen molar-refractivity contribution in [2.24, 2.45) is 12.2 Å². The maximum absolute atomic E-state index is 10.9. The van der Waals surface area contributed by atoms with Crippen LogP contribution in [0.5, 0.6) is 0 Å². The molecule has 0 spiro atoms. The molecule has 0 saturated carbocycles. The van der Waals surface area contributed by atoms with E-state index in [1.807, 2.05) is 0 Å². The molecule has 12 heavy (non-hydrogen) atoms. The Kier molecular flexibility index (Phi) is 1.97. The smallest absolute Gasteiger partial charge is 0.272 e. The molecular formula is C6H11N3O2S. The molecule has 5 nitrogen and oxygen atoms in total. The zero-order valence-corrected chi connectivity index (χ0v) is 8.01. The van der Waals surface area contributed by atoms with E-state index in [0.29, 0.717) is 5.69 Å². The van der Waals surface area contributed by atoms with E-state index in [4.69, 9.17) is 5.14 Å². The number of hydrogen-bond donors (Lipinski definition) is 1. The van der Waals surface area contributed by atoms with Crippen LogP contribution in [-0.4, -0.2) is 18.0 Å². The first-order valence-corrected chi connectivity index (χ1v) is 4.91. The summed E-state index contributed by atoms with van der Waals surface area (Å²) in [6.45, 7) is 3.53. The van der Waals surface area contributed by atoms with Crippen LogP contribution in [0.4, 0.5) is 0 Å². The second-order valence-corrected chi connectivity index (χ2v) is 4.12. The minimum atomic E-state index is -3.68. The van der Waals surface area contributed by atoms with Crippen molar-refractivity contribution in [1.29, 1.82) is 0 Å². The van der Waals surface area contributed by atoms with E-state index in [9.17, 15) is 8.42 Å². The molecule has 0 saturated heterocycles. The molecule has 0 aromatic carbocycles. The first-order valence-electron chi connectivity index (χ1n) is 3.36. The van der Waals surface area contributed by atoms with Gasteiger partial charge < -0.3 is 4.57 Å². The van der Waals surface area contributed by atoms with Crippen LogP contribution in [0.2, 0.25) is 0 Å². The van der Waals surface area contributed by atoms with Gasteiger partial charge in [0.1, 0.15) is 0 Å². The van der Waals surface area contributed by atoms with Crippen molar-refractivity contribution in [3.8, 4) is 0 Å². The van der Waals surface area contributed by atoms with E-state index < -0.39 is 10.0 Å². The minimum Gasteiger partial charge on any atom is -0.321 e. The van der Waals surface area contributed by atoms with Crippen LogP contribution in [0.1, 0.15) is 11.4 Å². The molecule has 1 aromatic heterocycles. The molecule has 0 aliphatic heterocycles. The molecule has 68 valence electrons. The summed E-state index contributed by atoms with van der Waals surface area (Å²) in [6.07, 6.45) is 0. The quantitative estimate of drug-likeness (QED) is 0.658. The highest BCUT2D eigenvalue weighted by Gasteiger charge is 2.17. The van der Waals surface area contributed by atoms with Gasteiger partial charge in [-0.15, -0.1) is 0 Å². The lowest BCUT2D eigenvalue weighted by Gasteiger charge is -1.98. The summed E-state index contributed by atoms with van der Waals surface area (Å²) in [5.41, 5.74) is 1.49. The predicted octanol–water partition coefficient (Wildman–Crippen LogP) is -0.316. The molecule has 0 radical (unpaired) electrons. The van der Waals surface area contributed by atoms with Gasteiger partial charge >= 0.3 is 0 Å². The van der Waals surface area contributed by atoms with Crippen molar-refractivity contribution < 1.29 is 8.42 Å². The summed E-state index contributed by atoms with van der Waals surface area (Å²) in [5.74, 6) is 0. The van der Waals surface area contributed by atoms with Gasteiger partial charge in [-0.25, -0.2) is 18.5 Å². The lowest BCUT2D eigenvalue weighted by Crippen LogP contribution is -2.17. The number of hydrogen-bond acceptors (Lipinski definition) is 3. The number of primary sulfonamides is 1. The van der Waals surface area contributed by atoms with Gasteiger partial charge in [0.2, 0.25) is 5.16 Å². The number of imidazole rings is 1. The SMILES string of the molecule is Cc1nc(S(N)(=O)=O)n(C)c1C. The average molecular weight is 189 g/mol. The molecule has 0 bridgehead atoms. The average Bonchev–Trinajstić information content (AvgIpc) is 2.15. The van der Waals surface area contributed by atoms with E-state index in [1.54, 1.807) is 20.9 Å². The summed E-state index contributed by atoms with van der Waals surface area (Å²) in [7, 11) is -2.06. The maximum Gasteiger partial charge on any atom is 0.272 e. The van der Waals surface area contributed by atoms with Crippen LogP contribution in [0.15, 0.2) is 5.16 Å². The lowest BCUT2D eigenvalue weighted by atomic mass is 10.4. The van der Waals surface area contributed by atoms with Crippen LogP contribution in [-0.2, 0) is 17.1 Å². The van der Waals surface area contributed by atoms with Gasteiger partial charge in [0.05, 0.1) is 5.69 Å². The maximum atomic E-state index is 10.9. The fourth-order valence-electron chi connectivity index (χ4n) is 0.940. The Morgan fingerprint density at radius 1 is 1.42 bits per heavy atom. The monoisotopic (exact) mass is 189 g/mol. The van der Waals surface area contributed by atoms with Crippen molar-refractivity contribution in [2.45, 2.75) is 19.0 Å². The van der Waals surface area contributed by atoms with Crippen molar-refractivity contribution in [3.63, 3.8) is 0 Å². The van der Waals surface area contributed by atoms with Crippen LogP contribution in [0.3, 0.4) is 0 Å². The number of rotatable bonds is 1. The number of nitrogens with zero attached hydrogens (tertiary/aromatic N) is 2. The zero-order chi connectivity index (χ0) is 9.52. The van der Waals surface area contributed by atoms with Gasteiger partial charge in [0.15, 0.2) is 0 Å². The Labute approximate surface area is 71.3 Å². The summed E-state index contributed by atoms with van der Waals surface area (Å²) in [4.78, 5) is 3.83. The van der Waals surface area contributed by atoms with Gasteiger partial charge in [-0.3, -0.25) is 0 Å². The van der Waals surface area contributed by atoms with Crippen molar-refractivity contribution in [2.75, 3.05) is 0 Å². The van der Waals surface area contributed by atoms with Gasteiger partial charge in [-0.1, -0.05) is 0 Å². The van der Waals surface area contributed by atoms with E-state index >= 15 is 0 Å². The van der Waals surface area contributed by atoms with E-state index in [1.165, 1.54) is 4.57 Å². The molecule has 1 rings (SSSR count). The molecule has 0 amide bonds. The summed E-state index contributed by atoms with van der Waals surface area (Å²) >= 11 is 0. The molecule has 0 atom stereocenters. The minimum absolute atomic E-state index is 0.0856. The first kappa shape index (κ1) is 9.21. The highest BCUT2D eigenvalue weighted by atomic mass is 32.2. The largest absolute Gasteiger partial charge is 0.321 e. The topological polar surface area (TPSA) is 78.0 Å². The van der Waals surface area contributed by atoms with Crippen LogP contribution in [0.25, 0.3) is 0 Å². The normalized spacial score (nSPS) is 12.0. The number of sulfonamides is 1. The predicted molar refractivity (Wildman–Crippen MR) is 44.1 cm³/mol. The Hall–Kier alpha value is -0.880. The second kappa shape index (κ2) is 2.56. The summed E-state index contributed by atoms with van der Waals surface area (Å²) < 4.78 is 23.3. The Bertz CT molecular complexity index is 405. The van der Waals surface area contributed by atoms with Crippen molar-refractivity contribution in [3.05, 3.63) is 11.4 Å². The summed E-state index contributed by atoms with van der Waals surface area (Å²) in [6, 6.07) is 0. The first-order chi connectivity index (χ1) is 5.34. The zero-order valence-electron chi connectivity index (χ0n) is 7.20. The number of aryl methyl sites for hydroxylation is 1. The van der Waals surface area contributed by atoms with Gasteiger partial charge in [-0.05, 0) is 13.8 Å². The van der Waals surface area contributed by atoms with E-state index in [2.05, 4.69) is 4.98 Å². The third kappa shape index (κ3) is 1.35. The molecule has 1 heterocycles. The van der Waals surface area contributed by atoms with E-state index in [0.717, 1.165) is 5.69 Å². The van der Waals surface area contributed by atoms with Crippen molar-refractivity contribution in [1.82, 2.24) is 9.55 Å². The third-order valence-corrected chi connectivity index (χ3v) is 2.71. The Balaban J connectivity index is 3.48. The lowest BCUT2D eigenvalue weighted by molar-refractivity contribution is 0.579. The van der Waals surface area contributed by atoms with Crippen molar-refractivity contribution >= 4 is 10.0 Å². The molecular weight excluding hydrogens is 178 g/mol. The Morgan fingerprint density at radius 2 is 1.92 bits per heavy atom. The number of aromatic nitrogens is 2. The van der Waals surface area contributed by atoms with Crippen LogP contribution < -0.4 is 5.14 Å². The van der Waals surface area contributed by atoms with E-state index in [-0.39, 0.29) is 5.16 Å². The Morgan fingerprint density at radius 3 is 2.08 bits per heavy atom. The fourth-order valence-corrected chi connectivity index (χ4v) is 1.72. The molecule has 0 aliphatic rings. The molecule has 0 unspecified atom stereocenters. The highest BCUT2D eigenvalue weighted by molar-refractivity contribution is 7.89. The standard InChI is InChI=1S/C6H11N3O2S/c1-4-5(2)9(3)6(8-4)12(7,10)11/h1-3H3,(H2,7,10,11). The molecule has 1 aromatic rings. The molecule has 0 fully saturated rings.